The van der Waals surface area contributed by atoms with E-state index in [2.05, 4.69) is 15.4 Å². The van der Waals surface area contributed by atoms with Crippen LogP contribution in [0.25, 0.3) is 11.4 Å². The molecule has 6 nitrogen and oxygen atoms in total. The van der Waals surface area contributed by atoms with Crippen LogP contribution in [0.15, 0.2) is 24.3 Å². The van der Waals surface area contributed by atoms with E-state index in [0.29, 0.717) is 5.56 Å². The molecular formula is C9H7FN4O2. The summed E-state index contributed by atoms with van der Waals surface area (Å²) in [5, 5.41) is 19.6. The van der Waals surface area contributed by atoms with E-state index >= 15 is 0 Å². The summed E-state index contributed by atoms with van der Waals surface area (Å²) < 4.78 is 12.6. The SMILES string of the molecule is O=C(O)Cn1nnc(-c2ccc(F)cc2)n1. The molecule has 7 heteroatoms. The molecule has 0 atom stereocenters. The molecule has 1 N–H and O–H groups in total. The summed E-state index contributed by atoms with van der Waals surface area (Å²) in [6, 6.07) is 5.54. The van der Waals surface area contributed by atoms with Crippen molar-refractivity contribution in [1.29, 1.82) is 0 Å². The minimum Gasteiger partial charge on any atom is -0.480 e. The summed E-state index contributed by atoms with van der Waals surface area (Å²) in [7, 11) is 0. The molecule has 2 rings (SSSR count). The largest absolute Gasteiger partial charge is 0.480 e. The van der Waals surface area contributed by atoms with Crippen LogP contribution in [0, 0.1) is 5.82 Å². The van der Waals surface area contributed by atoms with Crippen LogP contribution < -0.4 is 0 Å². The lowest BCUT2D eigenvalue weighted by molar-refractivity contribution is -0.138. The fraction of sp³-hybridized carbons (Fsp3) is 0.111. The summed E-state index contributed by atoms with van der Waals surface area (Å²) in [5.41, 5.74) is 0.582. The van der Waals surface area contributed by atoms with Crippen molar-refractivity contribution in [2.24, 2.45) is 0 Å². The number of hydrogen-bond acceptors (Lipinski definition) is 4. The van der Waals surface area contributed by atoms with Crippen LogP contribution in [-0.2, 0) is 11.3 Å². The molecule has 0 spiro atoms. The number of halogens is 1. The Morgan fingerprint density at radius 3 is 2.69 bits per heavy atom. The zero-order valence-corrected chi connectivity index (χ0v) is 8.04. The third-order valence-electron chi connectivity index (χ3n) is 1.83. The molecule has 0 radical (unpaired) electrons. The lowest BCUT2D eigenvalue weighted by Gasteiger charge is -1.93. The first-order chi connectivity index (χ1) is 7.65. The average molecular weight is 222 g/mol. The maximum Gasteiger partial charge on any atom is 0.327 e. The number of carbonyl (C=O) groups is 1. The first kappa shape index (κ1) is 10.2. The Balaban J connectivity index is 2.24. The van der Waals surface area contributed by atoms with Crippen LogP contribution in [0.5, 0.6) is 0 Å². The van der Waals surface area contributed by atoms with Gasteiger partial charge in [0.2, 0.25) is 5.82 Å². The number of nitrogens with zero attached hydrogens (tertiary/aromatic N) is 4. The molecule has 0 fully saturated rings. The van der Waals surface area contributed by atoms with Gasteiger partial charge in [-0.05, 0) is 29.5 Å². The van der Waals surface area contributed by atoms with Crippen molar-refractivity contribution < 1.29 is 14.3 Å². The quantitative estimate of drug-likeness (QED) is 0.820. The number of aliphatic carboxylic acids is 1. The number of hydrogen-bond donors (Lipinski definition) is 1. The second kappa shape index (κ2) is 4.05. The van der Waals surface area contributed by atoms with Crippen LogP contribution in [-0.4, -0.2) is 31.3 Å². The zero-order valence-electron chi connectivity index (χ0n) is 8.04. The molecule has 1 aromatic carbocycles. The molecule has 1 aromatic heterocycles. The van der Waals surface area contributed by atoms with Crippen molar-refractivity contribution in [1.82, 2.24) is 20.2 Å². The summed E-state index contributed by atoms with van der Waals surface area (Å²) in [4.78, 5) is 11.3. The van der Waals surface area contributed by atoms with Gasteiger partial charge in [0.05, 0.1) is 0 Å². The van der Waals surface area contributed by atoms with Gasteiger partial charge in [0.1, 0.15) is 5.82 Å². The molecule has 0 amide bonds. The van der Waals surface area contributed by atoms with Crippen molar-refractivity contribution >= 4 is 5.97 Å². The molecule has 0 aliphatic carbocycles. The molecule has 1 heterocycles. The number of rotatable bonds is 3. The predicted molar refractivity (Wildman–Crippen MR) is 50.8 cm³/mol. The van der Waals surface area contributed by atoms with Gasteiger partial charge in [0, 0.05) is 5.56 Å². The van der Waals surface area contributed by atoms with Gasteiger partial charge < -0.3 is 5.11 Å². The van der Waals surface area contributed by atoms with Crippen LogP contribution in [0.1, 0.15) is 0 Å². The van der Waals surface area contributed by atoms with Gasteiger partial charge in [-0.15, -0.1) is 10.2 Å². The Bertz CT molecular complexity index is 508. The fourth-order valence-electron chi connectivity index (χ4n) is 1.15. The number of carboxylic acid groups (broad SMARTS) is 1. The lowest BCUT2D eigenvalue weighted by Crippen LogP contribution is -2.11. The molecule has 0 saturated carbocycles. The molecular weight excluding hydrogens is 215 g/mol. The van der Waals surface area contributed by atoms with E-state index in [1.807, 2.05) is 0 Å². The molecule has 82 valence electrons. The van der Waals surface area contributed by atoms with Gasteiger partial charge in [0.15, 0.2) is 6.54 Å². The number of carboxylic acids is 1. The second-order valence-electron chi connectivity index (χ2n) is 3.04. The van der Waals surface area contributed by atoms with E-state index in [9.17, 15) is 9.18 Å². The summed E-state index contributed by atoms with van der Waals surface area (Å²) in [6.45, 7) is -0.353. The van der Waals surface area contributed by atoms with Crippen LogP contribution in [0.2, 0.25) is 0 Å². The average Bonchev–Trinajstić information content (AvgIpc) is 2.66. The summed E-state index contributed by atoms with van der Waals surface area (Å²) in [5.74, 6) is -1.15. The van der Waals surface area contributed by atoms with Gasteiger partial charge >= 0.3 is 5.97 Å². The molecule has 0 saturated heterocycles. The first-order valence-electron chi connectivity index (χ1n) is 4.41. The van der Waals surface area contributed by atoms with Crippen molar-refractivity contribution in [2.45, 2.75) is 6.54 Å². The molecule has 0 unspecified atom stereocenters. The highest BCUT2D eigenvalue weighted by Gasteiger charge is 2.07. The van der Waals surface area contributed by atoms with Crippen LogP contribution in [0.4, 0.5) is 4.39 Å². The molecule has 16 heavy (non-hydrogen) atoms. The Labute approximate surface area is 89.3 Å². The van der Waals surface area contributed by atoms with Crippen LogP contribution >= 0.6 is 0 Å². The Morgan fingerprint density at radius 1 is 1.38 bits per heavy atom. The Morgan fingerprint density at radius 2 is 2.06 bits per heavy atom. The predicted octanol–water partition coefficient (Wildman–Crippen LogP) is 0.564. The van der Waals surface area contributed by atoms with E-state index in [-0.39, 0.29) is 18.2 Å². The minimum absolute atomic E-state index is 0.265. The highest BCUT2D eigenvalue weighted by Crippen LogP contribution is 2.13. The highest BCUT2D eigenvalue weighted by atomic mass is 19.1. The Kier molecular flexibility index (Phi) is 2.59. The van der Waals surface area contributed by atoms with Gasteiger partial charge in [-0.2, -0.15) is 4.80 Å². The van der Waals surface area contributed by atoms with Crippen molar-refractivity contribution in [3.8, 4) is 11.4 Å². The van der Waals surface area contributed by atoms with E-state index in [0.717, 1.165) is 4.80 Å². The smallest absolute Gasteiger partial charge is 0.327 e. The van der Waals surface area contributed by atoms with Gasteiger partial charge in [-0.1, -0.05) is 0 Å². The minimum atomic E-state index is -1.05. The highest BCUT2D eigenvalue weighted by molar-refractivity contribution is 5.66. The molecule has 0 aliphatic rings. The fourth-order valence-corrected chi connectivity index (χ4v) is 1.15. The Hall–Kier alpha value is -2.31. The number of tetrazole rings is 1. The normalized spacial score (nSPS) is 10.3. The number of benzene rings is 1. The van der Waals surface area contributed by atoms with Gasteiger partial charge in [-0.3, -0.25) is 4.79 Å². The van der Waals surface area contributed by atoms with Gasteiger partial charge in [0.25, 0.3) is 0 Å². The lowest BCUT2D eigenvalue weighted by atomic mass is 10.2. The monoisotopic (exact) mass is 222 g/mol. The second-order valence-corrected chi connectivity index (χ2v) is 3.04. The van der Waals surface area contributed by atoms with E-state index in [4.69, 9.17) is 5.11 Å². The standard InChI is InChI=1S/C9H7FN4O2/c10-7-3-1-6(2-4-7)9-11-13-14(12-9)5-8(15)16/h1-4H,5H2,(H,15,16). The zero-order chi connectivity index (χ0) is 11.5. The summed E-state index contributed by atoms with van der Waals surface area (Å²) in [6.07, 6.45) is 0. The molecule has 0 aliphatic heterocycles. The third-order valence-corrected chi connectivity index (χ3v) is 1.83. The molecule has 2 aromatic rings. The van der Waals surface area contributed by atoms with Crippen molar-refractivity contribution in [3.05, 3.63) is 30.1 Å². The maximum absolute atomic E-state index is 12.6. The van der Waals surface area contributed by atoms with E-state index in [1.165, 1.54) is 24.3 Å². The van der Waals surface area contributed by atoms with E-state index < -0.39 is 5.97 Å². The molecule has 0 bridgehead atoms. The summed E-state index contributed by atoms with van der Waals surface area (Å²) >= 11 is 0. The third kappa shape index (κ3) is 2.19. The topological polar surface area (TPSA) is 80.9 Å². The maximum atomic E-state index is 12.6. The van der Waals surface area contributed by atoms with E-state index in [1.54, 1.807) is 0 Å². The van der Waals surface area contributed by atoms with Crippen LogP contribution in [0.3, 0.4) is 0 Å². The van der Waals surface area contributed by atoms with Gasteiger partial charge in [-0.25, -0.2) is 4.39 Å². The number of aromatic nitrogens is 4. The first-order valence-corrected chi connectivity index (χ1v) is 4.41. The van der Waals surface area contributed by atoms with Crippen molar-refractivity contribution in [3.63, 3.8) is 0 Å². The van der Waals surface area contributed by atoms with Crippen molar-refractivity contribution in [2.75, 3.05) is 0 Å².